The van der Waals surface area contributed by atoms with E-state index in [9.17, 15) is 5.11 Å². The summed E-state index contributed by atoms with van der Waals surface area (Å²) in [4.78, 5) is 6.58. The molecule has 0 saturated carbocycles. The lowest BCUT2D eigenvalue weighted by Gasteiger charge is -2.46. The molecule has 0 amide bonds. The number of aromatic nitrogens is 2. The summed E-state index contributed by atoms with van der Waals surface area (Å²) in [6.07, 6.45) is 2.99. The molecule has 1 N–H and O–H groups in total. The van der Waals surface area contributed by atoms with Crippen LogP contribution in [0.2, 0.25) is 0 Å². The molecule has 122 valence electrons. The number of piperidine rings is 1. The van der Waals surface area contributed by atoms with Crippen LogP contribution in [-0.2, 0) is 4.74 Å². The maximum atomic E-state index is 10.3. The lowest BCUT2D eigenvalue weighted by molar-refractivity contribution is -0.164. The van der Waals surface area contributed by atoms with Crippen molar-refractivity contribution in [2.75, 3.05) is 24.6 Å². The number of nitrogens with zero attached hydrogens (tertiary/aromatic N) is 3. The number of rotatable bonds is 2. The van der Waals surface area contributed by atoms with Gasteiger partial charge in [-0.1, -0.05) is 35.5 Å². The quantitative estimate of drug-likeness (QED) is 0.916. The molecule has 6 nitrogen and oxygen atoms in total. The van der Waals surface area contributed by atoms with Gasteiger partial charge in [0, 0.05) is 25.3 Å². The van der Waals surface area contributed by atoms with Gasteiger partial charge in [0.25, 0.3) is 0 Å². The maximum Gasteiger partial charge on any atom is 0.324 e. The van der Waals surface area contributed by atoms with E-state index in [2.05, 4.69) is 15.0 Å². The van der Waals surface area contributed by atoms with Crippen LogP contribution in [0.3, 0.4) is 0 Å². The first-order valence-electron chi connectivity index (χ1n) is 8.23. The van der Waals surface area contributed by atoms with E-state index in [-0.39, 0.29) is 11.7 Å². The van der Waals surface area contributed by atoms with Gasteiger partial charge in [-0.15, -0.1) is 0 Å². The molecule has 23 heavy (non-hydrogen) atoms. The fraction of sp³-hybridized carbons (Fsp3) is 0.529. The molecule has 6 heteroatoms. The van der Waals surface area contributed by atoms with Crippen molar-refractivity contribution in [1.82, 2.24) is 10.1 Å². The van der Waals surface area contributed by atoms with Gasteiger partial charge < -0.3 is 19.3 Å². The molecule has 3 heterocycles. The topological polar surface area (TPSA) is 71.6 Å². The van der Waals surface area contributed by atoms with Gasteiger partial charge in [-0.3, -0.25) is 0 Å². The number of hydrogen-bond donors (Lipinski definition) is 1. The van der Waals surface area contributed by atoms with Crippen LogP contribution in [-0.4, -0.2) is 46.6 Å². The molecule has 1 spiro atoms. The molecule has 1 aromatic carbocycles. The Morgan fingerprint density at radius 1 is 1.17 bits per heavy atom. The van der Waals surface area contributed by atoms with Crippen LogP contribution in [0.1, 0.15) is 25.7 Å². The van der Waals surface area contributed by atoms with Gasteiger partial charge in [0.15, 0.2) is 0 Å². The molecule has 0 aliphatic carbocycles. The zero-order valence-electron chi connectivity index (χ0n) is 13.0. The summed E-state index contributed by atoms with van der Waals surface area (Å²) in [7, 11) is 0. The summed E-state index contributed by atoms with van der Waals surface area (Å²) < 4.78 is 11.4. The van der Waals surface area contributed by atoms with Gasteiger partial charge in [-0.2, -0.15) is 4.98 Å². The molecule has 0 radical (unpaired) electrons. The van der Waals surface area contributed by atoms with Crippen molar-refractivity contribution < 1.29 is 14.4 Å². The number of benzene rings is 1. The van der Waals surface area contributed by atoms with Crippen LogP contribution in [0.25, 0.3) is 11.4 Å². The van der Waals surface area contributed by atoms with Crippen molar-refractivity contribution in [2.45, 2.75) is 37.4 Å². The Balaban J connectivity index is 1.46. The Morgan fingerprint density at radius 3 is 2.70 bits per heavy atom. The van der Waals surface area contributed by atoms with Crippen molar-refractivity contribution in [3.8, 4) is 11.4 Å². The summed E-state index contributed by atoms with van der Waals surface area (Å²) in [6, 6.07) is 10.3. The van der Waals surface area contributed by atoms with Crippen LogP contribution in [0, 0.1) is 0 Å². The van der Waals surface area contributed by atoms with Gasteiger partial charge in [0.1, 0.15) is 0 Å². The van der Waals surface area contributed by atoms with E-state index < -0.39 is 0 Å². The van der Waals surface area contributed by atoms with E-state index in [1.165, 1.54) is 0 Å². The fourth-order valence-corrected chi connectivity index (χ4v) is 3.51. The van der Waals surface area contributed by atoms with Gasteiger partial charge in [-0.25, -0.2) is 0 Å². The Hall–Kier alpha value is -1.92. The Labute approximate surface area is 135 Å². The normalized spacial score (nSPS) is 24.0. The van der Waals surface area contributed by atoms with Gasteiger partial charge >= 0.3 is 6.01 Å². The highest BCUT2D eigenvalue weighted by Crippen LogP contribution is 2.36. The number of aliphatic hydroxyl groups is 1. The van der Waals surface area contributed by atoms with E-state index in [4.69, 9.17) is 9.26 Å². The number of aliphatic hydroxyl groups excluding tert-OH is 1. The number of ether oxygens (including phenoxy) is 1. The molecule has 2 aliphatic rings. The van der Waals surface area contributed by atoms with Crippen molar-refractivity contribution >= 4 is 6.01 Å². The second-order valence-corrected chi connectivity index (χ2v) is 6.32. The van der Waals surface area contributed by atoms with E-state index >= 15 is 0 Å². The van der Waals surface area contributed by atoms with Crippen molar-refractivity contribution in [3.63, 3.8) is 0 Å². The van der Waals surface area contributed by atoms with E-state index in [0.29, 0.717) is 11.8 Å². The molecular formula is C17H21N3O3. The van der Waals surface area contributed by atoms with E-state index in [1.807, 2.05) is 30.3 Å². The van der Waals surface area contributed by atoms with Crippen LogP contribution in [0.5, 0.6) is 0 Å². The van der Waals surface area contributed by atoms with Crippen LogP contribution in [0.15, 0.2) is 34.9 Å². The van der Waals surface area contributed by atoms with E-state index in [1.54, 1.807) is 0 Å². The average molecular weight is 315 g/mol. The van der Waals surface area contributed by atoms with Gasteiger partial charge in [0.2, 0.25) is 5.82 Å². The van der Waals surface area contributed by atoms with Gasteiger partial charge in [-0.05, 0) is 25.7 Å². The molecule has 2 fully saturated rings. The zero-order valence-corrected chi connectivity index (χ0v) is 13.0. The van der Waals surface area contributed by atoms with Crippen molar-refractivity contribution in [1.29, 1.82) is 0 Å². The SMILES string of the molecule is O[C@H]1CCCOC12CCN(c1nc(-c3ccccc3)no1)CC2. The molecular weight excluding hydrogens is 294 g/mol. The first-order valence-corrected chi connectivity index (χ1v) is 8.23. The summed E-state index contributed by atoms with van der Waals surface area (Å²) >= 11 is 0. The summed E-state index contributed by atoms with van der Waals surface area (Å²) in [6.45, 7) is 2.26. The minimum Gasteiger partial charge on any atom is -0.390 e. The molecule has 2 saturated heterocycles. The third-order valence-corrected chi connectivity index (χ3v) is 4.95. The first-order chi connectivity index (χ1) is 11.3. The fourth-order valence-electron chi connectivity index (χ4n) is 3.51. The molecule has 2 aromatic rings. The average Bonchev–Trinajstić information content (AvgIpc) is 3.09. The smallest absolute Gasteiger partial charge is 0.324 e. The van der Waals surface area contributed by atoms with Crippen LogP contribution in [0.4, 0.5) is 6.01 Å². The van der Waals surface area contributed by atoms with Crippen molar-refractivity contribution in [2.24, 2.45) is 0 Å². The number of hydrogen-bond acceptors (Lipinski definition) is 6. The Morgan fingerprint density at radius 2 is 1.96 bits per heavy atom. The molecule has 2 aliphatic heterocycles. The summed E-state index contributed by atoms with van der Waals surface area (Å²) in [5.74, 6) is 0.606. The zero-order chi connectivity index (χ0) is 15.7. The second kappa shape index (κ2) is 5.94. The lowest BCUT2D eigenvalue weighted by Crippen LogP contribution is -2.55. The second-order valence-electron chi connectivity index (χ2n) is 6.32. The number of anilines is 1. The van der Waals surface area contributed by atoms with Gasteiger partial charge in [0.05, 0.1) is 11.7 Å². The highest BCUT2D eigenvalue weighted by Gasteiger charge is 2.44. The largest absolute Gasteiger partial charge is 0.390 e. The van der Waals surface area contributed by atoms with Crippen LogP contribution < -0.4 is 4.90 Å². The molecule has 0 bridgehead atoms. The predicted molar refractivity (Wildman–Crippen MR) is 85.1 cm³/mol. The highest BCUT2D eigenvalue weighted by atomic mass is 16.5. The standard InChI is InChI=1S/C17H21N3O3/c21-14-7-4-12-22-17(14)8-10-20(11-9-17)16-18-15(19-23-16)13-5-2-1-3-6-13/h1-3,5-6,14,21H,4,7-12H2/t14-/m0/s1. The molecule has 0 unspecified atom stereocenters. The predicted octanol–water partition coefficient (Wildman–Crippen LogP) is 2.25. The Kier molecular flexibility index (Phi) is 3.79. The minimum absolute atomic E-state index is 0.360. The summed E-state index contributed by atoms with van der Waals surface area (Å²) in [5, 5.41) is 14.4. The Bertz CT molecular complexity index is 650. The molecule has 4 rings (SSSR count). The maximum absolute atomic E-state index is 10.3. The van der Waals surface area contributed by atoms with E-state index in [0.717, 1.165) is 50.9 Å². The lowest BCUT2D eigenvalue weighted by atomic mass is 9.82. The summed E-state index contributed by atoms with van der Waals surface area (Å²) in [5.41, 5.74) is 0.568. The molecule has 1 atom stereocenters. The van der Waals surface area contributed by atoms with Crippen molar-refractivity contribution in [3.05, 3.63) is 30.3 Å². The minimum atomic E-state index is -0.378. The third-order valence-electron chi connectivity index (χ3n) is 4.95. The highest BCUT2D eigenvalue weighted by molar-refractivity contribution is 5.55. The first kappa shape index (κ1) is 14.7. The van der Waals surface area contributed by atoms with Crippen LogP contribution >= 0.6 is 0 Å². The third kappa shape index (κ3) is 2.72. The monoisotopic (exact) mass is 315 g/mol. The molecule has 1 aromatic heterocycles.